The normalized spacial score (nSPS) is 10.9. The van der Waals surface area contributed by atoms with E-state index < -0.39 is 10.4 Å². The van der Waals surface area contributed by atoms with E-state index in [1.165, 1.54) is 12.4 Å². The van der Waals surface area contributed by atoms with Gasteiger partial charge in [-0.25, -0.2) is 0 Å². The van der Waals surface area contributed by atoms with Crippen LogP contribution in [0.2, 0.25) is 0 Å². The third-order valence-electron chi connectivity index (χ3n) is 0.674. The molecule has 0 unspecified atom stereocenters. The van der Waals surface area contributed by atoms with Crippen LogP contribution in [0.1, 0.15) is 0 Å². The van der Waals surface area contributed by atoms with Crippen molar-refractivity contribution in [3.05, 3.63) is 0 Å². The van der Waals surface area contributed by atoms with E-state index in [-0.39, 0.29) is 18.3 Å². The van der Waals surface area contributed by atoms with E-state index in [0.717, 1.165) is 0 Å². The predicted molar refractivity (Wildman–Crippen MR) is 60.0 cm³/mol. The molecular formula is C5H11N7O4S-2. The van der Waals surface area contributed by atoms with E-state index in [1.54, 1.807) is 0 Å². The maximum Gasteiger partial charge on any atom is 0.211 e. The summed E-state index contributed by atoms with van der Waals surface area (Å²) in [5.41, 5.74) is 15.0. The van der Waals surface area contributed by atoms with Crippen molar-refractivity contribution in [1.82, 2.24) is 0 Å². The van der Waals surface area contributed by atoms with Gasteiger partial charge in [-0.15, -0.1) is 5.10 Å². The first kappa shape index (κ1) is 17.3. The molecule has 0 spiro atoms. The molecule has 0 fully saturated rings. The van der Waals surface area contributed by atoms with Crippen LogP contribution in [0.3, 0.4) is 0 Å². The molecule has 7 N–H and O–H groups in total. The van der Waals surface area contributed by atoms with Gasteiger partial charge in [-0.3, -0.25) is 18.8 Å². The van der Waals surface area contributed by atoms with Crippen LogP contribution in [0.15, 0.2) is 15.2 Å². The molecule has 17 heavy (non-hydrogen) atoms. The first-order chi connectivity index (χ1) is 7.63. The Morgan fingerprint density at radius 3 is 2.06 bits per heavy atom. The van der Waals surface area contributed by atoms with Gasteiger partial charge >= 0.3 is 0 Å². The van der Waals surface area contributed by atoms with Crippen molar-refractivity contribution in [3.8, 4) is 0 Å². The van der Waals surface area contributed by atoms with E-state index >= 15 is 0 Å². The van der Waals surface area contributed by atoms with Gasteiger partial charge in [0.05, 0.1) is 12.8 Å². The van der Waals surface area contributed by atoms with Crippen molar-refractivity contribution >= 4 is 34.6 Å². The quantitative estimate of drug-likeness (QED) is 0.135. The second kappa shape index (κ2) is 9.20. The second-order valence-corrected chi connectivity index (χ2v) is 3.03. The average Bonchev–Trinajstić information content (AvgIpc) is 2.07. The Hall–Kier alpha value is -2.05. The van der Waals surface area contributed by atoms with E-state index in [4.69, 9.17) is 40.1 Å². The number of nitrogens with two attached hydrogens (primary N) is 3. The molecule has 11 nitrogen and oxygen atoms in total. The largest absolute Gasteiger partial charge is 0.759 e. The van der Waals surface area contributed by atoms with Gasteiger partial charge < -0.3 is 26.3 Å². The van der Waals surface area contributed by atoms with Crippen molar-refractivity contribution in [2.75, 3.05) is 6.54 Å². The molecule has 0 atom stereocenters. The molecule has 0 aliphatic carbocycles. The number of hydrogen-bond donors (Lipinski definition) is 4. The van der Waals surface area contributed by atoms with Crippen molar-refractivity contribution in [1.29, 1.82) is 5.41 Å². The lowest BCUT2D eigenvalue weighted by Gasteiger charge is -2.06. The molecule has 0 aromatic carbocycles. The summed E-state index contributed by atoms with van der Waals surface area (Å²) in [5.74, 6) is -0.132. The molecule has 0 aliphatic rings. The Morgan fingerprint density at radius 1 is 1.24 bits per heavy atom. The highest BCUT2D eigenvalue weighted by atomic mass is 32.3. The molecule has 0 bridgehead atoms. The van der Waals surface area contributed by atoms with Crippen LogP contribution in [0.25, 0.3) is 0 Å². The summed E-state index contributed by atoms with van der Waals surface area (Å²) in [6.45, 7) is 0.147. The lowest BCUT2D eigenvalue weighted by molar-refractivity contribution is 0.352. The number of aliphatic imine (C=N–C) groups is 1. The minimum atomic E-state index is -5.17. The highest BCUT2D eigenvalue weighted by Crippen LogP contribution is 1.67. The molecule has 0 radical (unpaired) electrons. The third-order valence-corrected chi connectivity index (χ3v) is 0.674. The predicted octanol–water partition coefficient (Wildman–Crippen LogP) is -3.09. The topological polar surface area (TPSA) is 219 Å². The Bertz CT molecular complexity index is 400. The molecular weight excluding hydrogens is 254 g/mol. The molecule has 0 aliphatic heterocycles. The van der Waals surface area contributed by atoms with Gasteiger partial charge in [-0.05, 0) is 0 Å². The number of hydrogen-bond acceptors (Lipinski definition) is 8. The summed E-state index contributed by atoms with van der Waals surface area (Å²) < 4.78 is 34.1. The van der Waals surface area contributed by atoms with Crippen molar-refractivity contribution in [3.63, 3.8) is 0 Å². The summed E-state index contributed by atoms with van der Waals surface area (Å²) in [6.07, 6.45) is 2.65. The maximum absolute atomic E-state index is 8.52. The standard InChI is InChI=1S/C5H11N7.H2O4S/c6-4(7)3-10-1-2-11-12-5(8)9;1-5(2,3)4/h1-2H,3H2,(H3,6,7)(H4,8,9,12);(H2,1,2,3,4)/p-2/b10-1?,11-2+;. The number of amidine groups is 1. The first-order valence-electron chi connectivity index (χ1n) is 3.73. The monoisotopic (exact) mass is 265 g/mol. The average molecular weight is 265 g/mol. The zero-order valence-electron chi connectivity index (χ0n) is 8.48. The molecule has 0 heterocycles. The fraction of sp³-hybridized carbons (Fsp3) is 0.200. The van der Waals surface area contributed by atoms with Crippen LogP contribution in [0.5, 0.6) is 0 Å². The van der Waals surface area contributed by atoms with Crippen LogP contribution < -0.4 is 17.2 Å². The van der Waals surface area contributed by atoms with Gasteiger partial charge in [-0.1, -0.05) is 0 Å². The zero-order valence-corrected chi connectivity index (χ0v) is 9.29. The number of nitrogens with one attached hydrogen (secondary N) is 1. The summed E-state index contributed by atoms with van der Waals surface area (Å²) in [7, 11) is -5.17. The molecule has 0 amide bonds. The van der Waals surface area contributed by atoms with Gasteiger partial charge in [0.1, 0.15) is 5.84 Å². The summed E-state index contributed by atoms with van der Waals surface area (Å²) >= 11 is 0. The summed E-state index contributed by atoms with van der Waals surface area (Å²) in [4.78, 5) is 3.69. The van der Waals surface area contributed by atoms with E-state index in [0.29, 0.717) is 0 Å². The third kappa shape index (κ3) is 41.2. The fourth-order valence-electron chi connectivity index (χ4n) is 0.328. The Morgan fingerprint density at radius 2 is 1.71 bits per heavy atom. The van der Waals surface area contributed by atoms with Gasteiger partial charge in [0.15, 0.2) is 0 Å². The molecule has 0 aromatic heterocycles. The van der Waals surface area contributed by atoms with Crippen molar-refractivity contribution < 1.29 is 17.5 Å². The minimum absolute atomic E-state index is 0.0125. The smallest absolute Gasteiger partial charge is 0.211 e. The first-order valence-corrected chi connectivity index (χ1v) is 5.06. The van der Waals surface area contributed by atoms with Crippen LogP contribution >= 0.6 is 0 Å². The molecule has 0 saturated heterocycles. The van der Waals surface area contributed by atoms with E-state index in [1.807, 2.05) is 0 Å². The molecule has 98 valence electrons. The molecule has 0 aromatic rings. The minimum Gasteiger partial charge on any atom is -0.759 e. The molecule has 0 saturated carbocycles. The van der Waals surface area contributed by atoms with Crippen LogP contribution in [-0.2, 0) is 10.4 Å². The fourth-order valence-corrected chi connectivity index (χ4v) is 0.328. The molecule has 0 rings (SSSR count). The lowest BCUT2D eigenvalue weighted by atomic mass is 10.6. The van der Waals surface area contributed by atoms with Gasteiger partial charge in [-0.2, -0.15) is 5.10 Å². The Labute approximate surface area is 97.2 Å². The summed E-state index contributed by atoms with van der Waals surface area (Å²) in [5, 5.41) is 13.5. The van der Waals surface area contributed by atoms with Crippen molar-refractivity contribution in [2.24, 2.45) is 32.4 Å². The van der Waals surface area contributed by atoms with Crippen LogP contribution in [-0.4, -0.2) is 48.3 Å². The number of rotatable bonds is 4. The van der Waals surface area contributed by atoms with E-state index in [2.05, 4.69) is 15.2 Å². The van der Waals surface area contributed by atoms with Crippen LogP contribution in [0, 0.1) is 5.41 Å². The van der Waals surface area contributed by atoms with Crippen LogP contribution in [0.4, 0.5) is 0 Å². The second-order valence-electron chi connectivity index (χ2n) is 2.21. The Balaban J connectivity index is 0. The Kier molecular flexibility index (Phi) is 9.38. The maximum atomic E-state index is 8.52. The van der Waals surface area contributed by atoms with E-state index in [9.17, 15) is 0 Å². The lowest BCUT2D eigenvalue weighted by Crippen LogP contribution is -2.21. The number of nitrogens with zero attached hydrogens (tertiary/aromatic N) is 3. The summed E-state index contributed by atoms with van der Waals surface area (Å²) in [6, 6.07) is 0. The highest BCUT2D eigenvalue weighted by Gasteiger charge is 1.79. The highest BCUT2D eigenvalue weighted by molar-refractivity contribution is 7.79. The van der Waals surface area contributed by atoms with Crippen molar-refractivity contribution in [2.45, 2.75) is 0 Å². The van der Waals surface area contributed by atoms with Gasteiger partial charge in [0.25, 0.3) is 0 Å². The SMILES string of the molecule is N=C(N)CN=C/C=N/N=C(N)N.O=S(=O)([O-])[O-]. The van der Waals surface area contributed by atoms with Gasteiger partial charge in [0, 0.05) is 16.6 Å². The molecule has 12 heteroatoms. The number of guanidine groups is 1. The van der Waals surface area contributed by atoms with Gasteiger partial charge in [0.2, 0.25) is 5.96 Å². The zero-order chi connectivity index (χ0) is 13.9.